The number of ether oxygens (including phenoxy) is 1. The molecule has 64 valence electrons. The molecule has 0 spiro atoms. The van der Waals surface area contributed by atoms with E-state index in [0.29, 0.717) is 5.02 Å². The molecular weight excluding hydrogens is 180 g/mol. The third kappa shape index (κ3) is 2.72. The number of methoxy groups -OCH3 is 1. The maximum absolute atomic E-state index is 5.73. The van der Waals surface area contributed by atoms with Gasteiger partial charge in [0.15, 0.2) is 5.75 Å². The molecule has 0 fully saturated rings. The fraction of sp³-hybridized carbons (Fsp3) is 0.500. The Hall–Kier alpha value is -0.210. The molecule has 0 aliphatic carbocycles. The summed E-state index contributed by atoms with van der Waals surface area (Å²) in [5.41, 5.74) is 0. The molecule has 0 amide bonds. The van der Waals surface area contributed by atoms with Crippen molar-refractivity contribution in [3.63, 3.8) is 0 Å². The van der Waals surface area contributed by atoms with Gasteiger partial charge in [-0.1, -0.05) is 25.4 Å². The van der Waals surface area contributed by atoms with Gasteiger partial charge < -0.3 is 4.74 Å². The maximum Gasteiger partial charge on any atom is 0.151 e. The first-order chi connectivity index (χ1) is 5.25. The standard InChI is InChI=1S/C6H7ClOS.C2H6/c1-4-6(8-2)5(7)3-9-4;1-2/h3H,1-2H3;1-2H3. The summed E-state index contributed by atoms with van der Waals surface area (Å²) in [6.07, 6.45) is 0. The number of rotatable bonds is 1. The van der Waals surface area contributed by atoms with Crippen molar-refractivity contribution in [2.45, 2.75) is 20.8 Å². The third-order valence-electron chi connectivity index (χ3n) is 1.08. The van der Waals surface area contributed by atoms with Gasteiger partial charge in [0.2, 0.25) is 0 Å². The van der Waals surface area contributed by atoms with Gasteiger partial charge in [-0.2, -0.15) is 0 Å². The molecule has 0 aliphatic rings. The summed E-state index contributed by atoms with van der Waals surface area (Å²) in [6.45, 7) is 5.98. The Morgan fingerprint density at radius 1 is 1.45 bits per heavy atom. The second-order valence-electron chi connectivity index (χ2n) is 1.67. The summed E-state index contributed by atoms with van der Waals surface area (Å²) < 4.78 is 4.99. The summed E-state index contributed by atoms with van der Waals surface area (Å²) in [4.78, 5) is 1.13. The van der Waals surface area contributed by atoms with Crippen LogP contribution in [0.1, 0.15) is 18.7 Å². The lowest BCUT2D eigenvalue weighted by Crippen LogP contribution is -1.80. The van der Waals surface area contributed by atoms with E-state index in [1.165, 1.54) is 0 Å². The maximum atomic E-state index is 5.73. The lowest BCUT2D eigenvalue weighted by atomic mass is 10.5. The summed E-state index contributed by atoms with van der Waals surface area (Å²) in [7, 11) is 1.63. The fourth-order valence-corrected chi connectivity index (χ4v) is 1.75. The minimum Gasteiger partial charge on any atom is -0.494 e. The predicted molar refractivity (Wildman–Crippen MR) is 52.0 cm³/mol. The van der Waals surface area contributed by atoms with Crippen LogP contribution in [-0.4, -0.2) is 7.11 Å². The van der Waals surface area contributed by atoms with Crippen LogP contribution in [0.2, 0.25) is 5.02 Å². The minimum absolute atomic E-state index is 0.708. The molecule has 0 aromatic carbocycles. The molecule has 1 aromatic heterocycles. The van der Waals surface area contributed by atoms with Crippen molar-refractivity contribution in [2.75, 3.05) is 7.11 Å². The van der Waals surface area contributed by atoms with Gasteiger partial charge in [-0.25, -0.2) is 0 Å². The molecule has 1 heterocycles. The highest BCUT2D eigenvalue weighted by molar-refractivity contribution is 7.10. The highest BCUT2D eigenvalue weighted by atomic mass is 35.5. The Morgan fingerprint density at radius 2 is 2.00 bits per heavy atom. The van der Waals surface area contributed by atoms with E-state index in [4.69, 9.17) is 16.3 Å². The Morgan fingerprint density at radius 3 is 2.18 bits per heavy atom. The molecule has 1 rings (SSSR count). The van der Waals surface area contributed by atoms with Gasteiger partial charge in [0.05, 0.1) is 12.1 Å². The normalized spacial score (nSPS) is 8.45. The van der Waals surface area contributed by atoms with E-state index in [2.05, 4.69) is 0 Å². The summed E-state index contributed by atoms with van der Waals surface area (Å²) >= 11 is 7.33. The first kappa shape index (κ1) is 10.8. The van der Waals surface area contributed by atoms with Crippen LogP contribution < -0.4 is 4.74 Å². The van der Waals surface area contributed by atoms with Crippen molar-refractivity contribution in [1.29, 1.82) is 0 Å². The van der Waals surface area contributed by atoms with Crippen molar-refractivity contribution in [1.82, 2.24) is 0 Å². The highest BCUT2D eigenvalue weighted by Crippen LogP contribution is 2.33. The van der Waals surface area contributed by atoms with E-state index in [9.17, 15) is 0 Å². The first-order valence-electron chi connectivity index (χ1n) is 3.53. The van der Waals surface area contributed by atoms with Gasteiger partial charge in [-0.15, -0.1) is 11.3 Å². The first-order valence-corrected chi connectivity index (χ1v) is 4.79. The van der Waals surface area contributed by atoms with Crippen molar-refractivity contribution in [3.05, 3.63) is 15.3 Å². The third-order valence-corrected chi connectivity index (χ3v) is 2.38. The van der Waals surface area contributed by atoms with Crippen LogP contribution in [0.4, 0.5) is 0 Å². The summed E-state index contributed by atoms with van der Waals surface area (Å²) in [5.74, 6) is 0.807. The van der Waals surface area contributed by atoms with E-state index in [1.54, 1.807) is 18.4 Å². The Bertz CT molecular complexity index is 188. The van der Waals surface area contributed by atoms with Gasteiger partial charge in [-0.05, 0) is 6.92 Å². The smallest absolute Gasteiger partial charge is 0.151 e. The Kier molecular flexibility index (Phi) is 5.34. The van der Waals surface area contributed by atoms with Gasteiger partial charge in [0.25, 0.3) is 0 Å². The van der Waals surface area contributed by atoms with Gasteiger partial charge in [0.1, 0.15) is 0 Å². The molecule has 0 radical (unpaired) electrons. The van der Waals surface area contributed by atoms with Crippen LogP contribution in [0.3, 0.4) is 0 Å². The number of halogens is 1. The second-order valence-corrected chi connectivity index (χ2v) is 3.16. The molecule has 0 N–H and O–H groups in total. The number of aryl methyl sites for hydroxylation is 1. The van der Waals surface area contributed by atoms with Crippen molar-refractivity contribution >= 4 is 22.9 Å². The quantitative estimate of drug-likeness (QED) is 0.659. The molecule has 0 unspecified atom stereocenters. The van der Waals surface area contributed by atoms with Gasteiger partial charge >= 0.3 is 0 Å². The molecular formula is C8H13ClOS. The molecule has 0 atom stereocenters. The molecule has 0 saturated carbocycles. The molecule has 1 aromatic rings. The van der Waals surface area contributed by atoms with Crippen molar-refractivity contribution in [2.24, 2.45) is 0 Å². The molecule has 0 aliphatic heterocycles. The van der Waals surface area contributed by atoms with E-state index in [-0.39, 0.29) is 0 Å². The number of thiophene rings is 1. The largest absolute Gasteiger partial charge is 0.494 e. The van der Waals surface area contributed by atoms with Crippen LogP contribution in [0, 0.1) is 6.92 Å². The van der Waals surface area contributed by atoms with Crippen LogP contribution in [0.25, 0.3) is 0 Å². The Labute approximate surface area is 77.0 Å². The summed E-state index contributed by atoms with van der Waals surface area (Å²) in [6, 6.07) is 0. The van der Waals surface area contributed by atoms with Crippen LogP contribution >= 0.6 is 22.9 Å². The van der Waals surface area contributed by atoms with Gasteiger partial charge in [-0.3, -0.25) is 0 Å². The SMILES string of the molecule is CC.COc1c(Cl)csc1C. The van der Waals surface area contributed by atoms with Crippen LogP contribution in [0.15, 0.2) is 5.38 Å². The van der Waals surface area contributed by atoms with E-state index in [1.807, 2.05) is 26.2 Å². The zero-order chi connectivity index (χ0) is 8.85. The predicted octanol–water partition coefficient (Wildman–Crippen LogP) is 3.74. The molecule has 0 saturated heterocycles. The van der Waals surface area contributed by atoms with E-state index < -0.39 is 0 Å². The molecule has 0 bridgehead atoms. The zero-order valence-electron chi connectivity index (χ0n) is 7.27. The lowest BCUT2D eigenvalue weighted by Gasteiger charge is -1.95. The Balaban J connectivity index is 0.000000461. The number of hydrogen-bond acceptors (Lipinski definition) is 2. The highest BCUT2D eigenvalue weighted by Gasteiger charge is 2.04. The van der Waals surface area contributed by atoms with Gasteiger partial charge in [0, 0.05) is 10.3 Å². The van der Waals surface area contributed by atoms with Crippen molar-refractivity contribution in [3.8, 4) is 5.75 Å². The average molecular weight is 193 g/mol. The zero-order valence-corrected chi connectivity index (χ0v) is 8.84. The molecule has 1 nitrogen and oxygen atoms in total. The van der Waals surface area contributed by atoms with E-state index >= 15 is 0 Å². The monoisotopic (exact) mass is 192 g/mol. The summed E-state index contributed by atoms with van der Waals surface area (Å²) in [5, 5.41) is 2.58. The van der Waals surface area contributed by atoms with Crippen LogP contribution in [0.5, 0.6) is 5.75 Å². The number of hydrogen-bond donors (Lipinski definition) is 0. The lowest BCUT2D eigenvalue weighted by molar-refractivity contribution is 0.414. The molecule has 11 heavy (non-hydrogen) atoms. The second kappa shape index (κ2) is 5.44. The average Bonchev–Trinajstić information content (AvgIpc) is 2.35. The topological polar surface area (TPSA) is 9.23 Å². The fourth-order valence-electron chi connectivity index (χ4n) is 0.657. The van der Waals surface area contributed by atoms with E-state index in [0.717, 1.165) is 10.6 Å². The molecule has 3 heteroatoms. The van der Waals surface area contributed by atoms with Crippen molar-refractivity contribution < 1.29 is 4.74 Å². The van der Waals surface area contributed by atoms with Crippen LogP contribution in [-0.2, 0) is 0 Å². The minimum atomic E-state index is 0.708.